The van der Waals surface area contributed by atoms with Gasteiger partial charge in [-0.3, -0.25) is 0 Å². The highest BCUT2D eigenvalue weighted by molar-refractivity contribution is 5.64. The van der Waals surface area contributed by atoms with Gasteiger partial charge in [-0.05, 0) is 66.3 Å². The molecule has 0 saturated heterocycles. The zero-order valence-corrected chi connectivity index (χ0v) is 15.7. The Morgan fingerprint density at radius 2 is 1.65 bits per heavy atom. The molecule has 136 valence electrons. The number of rotatable bonds is 6. The average molecular weight is 349 g/mol. The second-order valence-electron chi connectivity index (χ2n) is 7.64. The Morgan fingerprint density at radius 3 is 2.27 bits per heavy atom. The lowest BCUT2D eigenvalue weighted by atomic mass is 9.77. The van der Waals surface area contributed by atoms with Crippen LogP contribution in [0.1, 0.15) is 75.3 Å². The molecule has 1 saturated carbocycles. The summed E-state index contributed by atoms with van der Waals surface area (Å²) in [5, 5.41) is 8.85. The first kappa shape index (κ1) is 18.6. The highest BCUT2D eigenvalue weighted by atomic mass is 19.1. The quantitative estimate of drug-likeness (QED) is 0.505. The summed E-state index contributed by atoms with van der Waals surface area (Å²) in [6.07, 6.45) is 10.8. The van der Waals surface area contributed by atoms with Crippen LogP contribution in [-0.2, 0) is 0 Å². The lowest BCUT2D eigenvalue weighted by molar-refractivity contribution is 0.303. The van der Waals surface area contributed by atoms with Crippen LogP contribution < -0.4 is 0 Å². The van der Waals surface area contributed by atoms with Gasteiger partial charge in [0.1, 0.15) is 11.9 Å². The summed E-state index contributed by atoms with van der Waals surface area (Å²) in [4.78, 5) is 0. The van der Waals surface area contributed by atoms with Gasteiger partial charge in [-0.2, -0.15) is 5.26 Å². The van der Waals surface area contributed by atoms with Crippen molar-refractivity contribution in [2.24, 2.45) is 5.92 Å². The summed E-state index contributed by atoms with van der Waals surface area (Å²) in [5.74, 6) is 1.15. The van der Waals surface area contributed by atoms with Crippen LogP contribution in [-0.4, -0.2) is 0 Å². The lowest BCUT2D eigenvalue weighted by Crippen LogP contribution is -2.13. The van der Waals surface area contributed by atoms with E-state index in [0.717, 1.165) is 17.0 Å². The summed E-state index contributed by atoms with van der Waals surface area (Å²) < 4.78 is 13.8. The molecule has 2 aromatic carbocycles. The first-order valence-electron chi connectivity index (χ1n) is 10.0. The van der Waals surface area contributed by atoms with E-state index >= 15 is 0 Å². The number of unbranched alkanes of at least 4 members (excludes halogenated alkanes) is 2. The third kappa shape index (κ3) is 4.52. The van der Waals surface area contributed by atoms with E-state index in [0.29, 0.717) is 5.92 Å². The van der Waals surface area contributed by atoms with Crippen LogP contribution in [0.3, 0.4) is 0 Å². The molecule has 0 N–H and O–H groups in total. The van der Waals surface area contributed by atoms with Crippen LogP contribution >= 0.6 is 0 Å². The molecule has 3 rings (SSSR count). The van der Waals surface area contributed by atoms with Gasteiger partial charge < -0.3 is 0 Å². The summed E-state index contributed by atoms with van der Waals surface area (Å²) in [5.41, 5.74) is 3.34. The maximum absolute atomic E-state index is 13.8. The SMILES string of the molecule is CCCCCC1CCC(c2ccc(-c3ccc(C#N)c(F)c3)cc2)CC1. The molecule has 0 heterocycles. The van der Waals surface area contributed by atoms with Gasteiger partial charge in [-0.15, -0.1) is 0 Å². The summed E-state index contributed by atoms with van der Waals surface area (Å²) in [6, 6.07) is 15.3. The molecule has 0 radical (unpaired) electrons. The van der Waals surface area contributed by atoms with Gasteiger partial charge >= 0.3 is 0 Å². The predicted molar refractivity (Wildman–Crippen MR) is 105 cm³/mol. The number of hydrogen-bond donors (Lipinski definition) is 0. The van der Waals surface area contributed by atoms with Crippen molar-refractivity contribution in [3.63, 3.8) is 0 Å². The molecular weight excluding hydrogens is 321 g/mol. The number of benzene rings is 2. The average Bonchev–Trinajstić information content (AvgIpc) is 2.69. The number of nitrogens with zero attached hydrogens (tertiary/aromatic N) is 1. The highest BCUT2D eigenvalue weighted by Gasteiger charge is 2.22. The van der Waals surface area contributed by atoms with Crippen molar-refractivity contribution in [2.75, 3.05) is 0 Å². The van der Waals surface area contributed by atoms with Gasteiger partial charge in [-0.1, -0.05) is 62.9 Å². The van der Waals surface area contributed by atoms with Gasteiger partial charge in [0, 0.05) is 0 Å². The Balaban J connectivity index is 1.60. The van der Waals surface area contributed by atoms with Crippen molar-refractivity contribution in [2.45, 2.75) is 64.2 Å². The molecule has 1 fully saturated rings. The van der Waals surface area contributed by atoms with E-state index in [-0.39, 0.29) is 5.56 Å². The van der Waals surface area contributed by atoms with Gasteiger partial charge in [0.25, 0.3) is 0 Å². The van der Waals surface area contributed by atoms with Gasteiger partial charge in [0.2, 0.25) is 0 Å². The van der Waals surface area contributed by atoms with Crippen LogP contribution in [0.25, 0.3) is 11.1 Å². The molecule has 2 heteroatoms. The van der Waals surface area contributed by atoms with Crippen LogP contribution in [0.15, 0.2) is 42.5 Å². The number of nitriles is 1. The molecular formula is C24H28FN. The molecule has 0 spiro atoms. The van der Waals surface area contributed by atoms with Crippen LogP contribution in [0.2, 0.25) is 0 Å². The number of halogens is 1. The first-order valence-corrected chi connectivity index (χ1v) is 10.0. The molecule has 1 aliphatic carbocycles. The van der Waals surface area contributed by atoms with E-state index in [1.165, 1.54) is 63.0 Å². The fourth-order valence-corrected chi connectivity index (χ4v) is 4.20. The molecule has 1 nitrogen and oxygen atoms in total. The van der Waals surface area contributed by atoms with Crippen molar-refractivity contribution in [1.82, 2.24) is 0 Å². The smallest absolute Gasteiger partial charge is 0.141 e. The zero-order chi connectivity index (χ0) is 18.4. The minimum absolute atomic E-state index is 0.0982. The van der Waals surface area contributed by atoms with Crippen molar-refractivity contribution in [3.05, 3.63) is 59.4 Å². The van der Waals surface area contributed by atoms with Crippen LogP contribution in [0, 0.1) is 23.1 Å². The third-order valence-corrected chi connectivity index (χ3v) is 5.87. The highest BCUT2D eigenvalue weighted by Crippen LogP contribution is 2.38. The van der Waals surface area contributed by atoms with E-state index in [1.54, 1.807) is 6.07 Å². The molecule has 26 heavy (non-hydrogen) atoms. The van der Waals surface area contributed by atoms with E-state index in [1.807, 2.05) is 12.1 Å². The molecule has 2 aromatic rings. The van der Waals surface area contributed by atoms with E-state index < -0.39 is 5.82 Å². The molecule has 0 aliphatic heterocycles. The Hall–Kier alpha value is -2.14. The zero-order valence-electron chi connectivity index (χ0n) is 15.7. The van der Waals surface area contributed by atoms with Gasteiger partial charge in [0.05, 0.1) is 5.56 Å². The number of hydrogen-bond acceptors (Lipinski definition) is 1. The van der Waals surface area contributed by atoms with Crippen molar-refractivity contribution in [3.8, 4) is 17.2 Å². The van der Waals surface area contributed by atoms with Crippen molar-refractivity contribution >= 4 is 0 Å². The maximum Gasteiger partial charge on any atom is 0.141 e. The van der Waals surface area contributed by atoms with E-state index in [4.69, 9.17) is 5.26 Å². The second kappa shape index (κ2) is 8.99. The topological polar surface area (TPSA) is 23.8 Å². The molecule has 0 amide bonds. The second-order valence-corrected chi connectivity index (χ2v) is 7.64. The largest absolute Gasteiger partial charge is 0.206 e. The van der Waals surface area contributed by atoms with Crippen LogP contribution in [0.5, 0.6) is 0 Å². The first-order chi connectivity index (χ1) is 12.7. The maximum atomic E-state index is 13.8. The Kier molecular flexibility index (Phi) is 6.45. The third-order valence-electron chi connectivity index (χ3n) is 5.87. The lowest BCUT2D eigenvalue weighted by Gasteiger charge is -2.29. The minimum atomic E-state index is -0.449. The fourth-order valence-electron chi connectivity index (χ4n) is 4.20. The van der Waals surface area contributed by atoms with Gasteiger partial charge in [-0.25, -0.2) is 4.39 Å². The summed E-state index contributed by atoms with van der Waals surface area (Å²) in [6.45, 7) is 2.27. The minimum Gasteiger partial charge on any atom is -0.206 e. The predicted octanol–water partition coefficient (Wildman–Crippen LogP) is 7.22. The van der Waals surface area contributed by atoms with Crippen molar-refractivity contribution < 1.29 is 4.39 Å². The molecule has 0 atom stereocenters. The van der Waals surface area contributed by atoms with E-state index in [9.17, 15) is 4.39 Å². The molecule has 0 aromatic heterocycles. The summed E-state index contributed by atoms with van der Waals surface area (Å²) in [7, 11) is 0. The molecule has 0 unspecified atom stereocenters. The summed E-state index contributed by atoms with van der Waals surface area (Å²) >= 11 is 0. The van der Waals surface area contributed by atoms with Crippen LogP contribution in [0.4, 0.5) is 4.39 Å². The van der Waals surface area contributed by atoms with E-state index in [2.05, 4.69) is 31.2 Å². The standard InChI is InChI=1S/C24H28FN/c1-2-3-4-5-18-6-8-19(9-7-18)20-10-12-21(13-11-20)22-14-15-23(17-26)24(25)16-22/h10-16,18-19H,2-9H2,1H3. The Morgan fingerprint density at radius 1 is 0.962 bits per heavy atom. The Labute approximate surface area is 156 Å². The normalized spacial score (nSPS) is 19.9. The fraction of sp³-hybridized carbons (Fsp3) is 0.458. The Bertz CT molecular complexity index is 749. The van der Waals surface area contributed by atoms with Gasteiger partial charge in [0.15, 0.2) is 0 Å². The van der Waals surface area contributed by atoms with Crippen molar-refractivity contribution in [1.29, 1.82) is 5.26 Å². The monoisotopic (exact) mass is 349 g/mol. The molecule has 1 aliphatic rings. The molecule has 0 bridgehead atoms.